The van der Waals surface area contributed by atoms with Crippen LogP contribution in [0.15, 0.2) is 41.1 Å². The molecule has 1 saturated carbocycles. The highest BCUT2D eigenvalue weighted by Crippen LogP contribution is 2.34. The van der Waals surface area contributed by atoms with Gasteiger partial charge in [0.2, 0.25) is 11.5 Å². The van der Waals surface area contributed by atoms with Gasteiger partial charge in [0.15, 0.2) is 5.76 Å². The maximum absolute atomic E-state index is 12.4. The van der Waals surface area contributed by atoms with Crippen LogP contribution in [0.2, 0.25) is 0 Å². The number of aromatic nitrogens is 4. The van der Waals surface area contributed by atoms with Crippen LogP contribution in [0.25, 0.3) is 22.8 Å². The van der Waals surface area contributed by atoms with Crippen molar-refractivity contribution in [2.24, 2.45) is 0 Å². The van der Waals surface area contributed by atoms with Gasteiger partial charge in [-0.25, -0.2) is 15.0 Å². The maximum atomic E-state index is 12.4. The Morgan fingerprint density at radius 3 is 2.56 bits per heavy atom. The molecule has 2 N–H and O–H groups in total. The average Bonchev–Trinajstić information content (AvgIpc) is 3.47. The number of carbonyl (C=O) groups excluding carboxylic acids is 1. The van der Waals surface area contributed by atoms with Crippen molar-refractivity contribution < 1.29 is 19.2 Å². The fourth-order valence-electron chi connectivity index (χ4n) is 4.59. The Morgan fingerprint density at radius 1 is 1.12 bits per heavy atom. The molecular formula is C24H28N6O4. The van der Waals surface area contributed by atoms with Gasteiger partial charge in [-0.1, -0.05) is 11.2 Å². The summed E-state index contributed by atoms with van der Waals surface area (Å²) in [6, 6.07) is 9.22. The standard InChI is InChI=1S/C24H28N6O4/c1-30-13-11-24(32,22(30)31)21-14-20(29-34-21)18-5-3-4-17(27-18)19-10-12-25-23(28-19)26-15-6-8-16(33-2)9-7-15/h3-5,10,12,14-16,32H,6-9,11,13H2,1-2H3,(H,25,26,28). The maximum Gasteiger partial charge on any atom is 0.262 e. The van der Waals surface area contributed by atoms with Crippen LogP contribution >= 0.6 is 0 Å². The van der Waals surface area contributed by atoms with E-state index in [1.807, 2.05) is 18.2 Å². The number of pyridine rings is 1. The highest BCUT2D eigenvalue weighted by molar-refractivity contribution is 5.87. The number of carbonyl (C=O) groups is 1. The van der Waals surface area contributed by atoms with Crippen LogP contribution in [0.4, 0.5) is 5.95 Å². The molecule has 0 radical (unpaired) electrons. The van der Waals surface area contributed by atoms with Crippen molar-refractivity contribution >= 4 is 11.9 Å². The van der Waals surface area contributed by atoms with E-state index in [9.17, 15) is 9.90 Å². The van der Waals surface area contributed by atoms with E-state index in [-0.39, 0.29) is 12.2 Å². The Bertz CT molecular complexity index is 1180. The van der Waals surface area contributed by atoms with E-state index in [0.717, 1.165) is 25.7 Å². The summed E-state index contributed by atoms with van der Waals surface area (Å²) in [4.78, 5) is 27.6. The molecule has 1 atom stereocenters. The summed E-state index contributed by atoms with van der Waals surface area (Å²) in [5.74, 6) is 0.301. The summed E-state index contributed by atoms with van der Waals surface area (Å²) in [5, 5.41) is 18.3. The SMILES string of the molecule is COC1CCC(Nc2nccc(-c3cccc(-c4cc(C5(O)CCN(C)C5=O)on4)n3)n2)CC1. The van der Waals surface area contributed by atoms with E-state index in [1.54, 1.807) is 32.5 Å². The van der Waals surface area contributed by atoms with E-state index in [4.69, 9.17) is 9.26 Å². The van der Waals surface area contributed by atoms with Gasteiger partial charge in [0.1, 0.15) is 5.69 Å². The minimum atomic E-state index is -1.69. The Kier molecular flexibility index (Phi) is 6.01. The quantitative estimate of drug-likeness (QED) is 0.566. The molecule has 0 spiro atoms. The molecule has 2 aliphatic rings. The number of likely N-dealkylation sites (N-methyl/N-ethyl adjacent to an activating group) is 1. The van der Waals surface area contributed by atoms with Crippen molar-refractivity contribution in [1.29, 1.82) is 0 Å². The molecule has 2 fully saturated rings. The minimum absolute atomic E-state index is 0.126. The van der Waals surface area contributed by atoms with E-state index < -0.39 is 11.5 Å². The number of rotatable bonds is 6. The first-order valence-corrected chi connectivity index (χ1v) is 11.5. The van der Waals surface area contributed by atoms with Gasteiger partial charge in [-0.05, 0) is 43.9 Å². The molecule has 3 aromatic rings. The van der Waals surface area contributed by atoms with Gasteiger partial charge in [-0.2, -0.15) is 0 Å². The predicted octanol–water partition coefficient (Wildman–Crippen LogP) is 2.61. The second kappa shape index (κ2) is 9.11. The highest BCUT2D eigenvalue weighted by Gasteiger charge is 2.48. The summed E-state index contributed by atoms with van der Waals surface area (Å²) >= 11 is 0. The zero-order valence-corrected chi connectivity index (χ0v) is 19.3. The topological polar surface area (TPSA) is 126 Å². The third-order valence-electron chi connectivity index (χ3n) is 6.70. The molecule has 10 nitrogen and oxygen atoms in total. The lowest BCUT2D eigenvalue weighted by Gasteiger charge is -2.28. The van der Waals surface area contributed by atoms with Crippen molar-refractivity contribution in [3.05, 3.63) is 42.3 Å². The lowest BCUT2D eigenvalue weighted by atomic mass is 9.93. The molecule has 5 rings (SSSR count). The first kappa shape index (κ1) is 22.4. The lowest BCUT2D eigenvalue weighted by Crippen LogP contribution is -2.35. The largest absolute Gasteiger partial charge is 0.381 e. The van der Waals surface area contributed by atoms with Gasteiger partial charge in [0.25, 0.3) is 5.91 Å². The number of amides is 1. The fourth-order valence-corrected chi connectivity index (χ4v) is 4.59. The molecule has 1 aliphatic carbocycles. The fraction of sp³-hybridized carbons (Fsp3) is 0.458. The molecule has 34 heavy (non-hydrogen) atoms. The van der Waals surface area contributed by atoms with Crippen molar-refractivity contribution in [3.8, 4) is 22.8 Å². The zero-order valence-electron chi connectivity index (χ0n) is 19.3. The number of nitrogens with zero attached hydrogens (tertiary/aromatic N) is 5. The molecule has 1 aliphatic heterocycles. The van der Waals surface area contributed by atoms with E-state index in [2.05, 4.69) is 25.4 Å². The van der Waals surface area contributed by atoms with Crippen LogP contribution in [-0.2, 0) is 15.1 Å². The average molecular weight is 465 g/mol. The summed E-state index contributed by atoms with van der Waals surface area (Å²) in [6.45, 7) is 0.455. The number of aliphatic hydroxyl groups is 1. The predicted molar refractivity (Wildman–Crippen MR) is 124 cm³/mol. The monoisotopic (exact) mass is 464 g/mol. The summed E-state index contributed by atoms with van der Waals surface area (Å²) in [5.41, 5.74) is 0.648. The molecule has 10 heteroatoms. The Hall–Kier alpha value is -3.37. The molecule has 1 amide bonds. The van der Waals surface area contributed by atoms with Crippen LogP contribution in [-0.4, -0.2) is 68.9 Å². The number of hydrogen-bond acceptors (Lipinski definition) is 9. The second-order valence-electron chi connectivity index (χ2n) is 8.94. The van der Waals surface area contributed by atoms with Gasteiger partial charge in [0.05, 0.1) is 23.2 Å². The molecule has 1 saturated heterocycles. The number of likely N-dealkylation sites (tertiary alicyclic amines) is 1. The smallest absolute Gasteiger partial charge is 0.262 e. The number of hydrogen-bond donors (Lipinski definition) is 2. The van der Waals surface area contributed by atoms with Crippen molar-refractivity contribution in [2.75, 3.05) is 26.0 Å². The first-order valence-electron chi connectivity index (χ1n) is 11.5. The first-order chi connectivity index (χ1) is 16.5. The van der Waals surface area contributed by atoms with Crippen LogP contribution in [0.1, 0.15) is 37.9 Å². The van der Waals surface area contributed by atoms with E-state index in [0.29, 0.717) is 47.4 Å². The normalized spacial score (nSPS) is 25.0. The van der Waals surface area contributed by atoms with Crippen LogP contribution in [0, 0.1) is 0 Å². The van der Waals surface area contributed by atoms with Crippen molar-refractivity contribution in [2.45, 2.75) is 49.9 Å². The zero-order chi connectivity index (χ0) is 23.7. The molecule has 0 aromatic carbocycles. The second-order valence-corrected chi connectivity index (χ2v) is 8.94. The van der Waals surface area contributed by atoms with Gasteiger partial charge in [-0.3, -0.25) is 4.79 Å². The van der Waals surface area contributed by atoms with Crippen molar-refractivity contribution in [3.63, 3.8) is 0 Å². The lowest BCUT2D eigenvalue weighted by molar-refractivity contribution is -0.144. The van der Waals surface area contributed by atoms with E-state index in [1.165, 1.54) is 4.90 Å². The third-order valence-corrected chi connectivity index (χ3v) is 6.70. The molecular weight excluding hydrogens is 436 g/mol. The number of nitrogens with one attached hydrogen (secondary N) is 1. The van der Waals surface area contributed by atoms with Crippen LogP contribution in [0.3, 0.4) is 0 Å². The molecule has 4 heterocycles. The Morgan fingerprint density at radius 2 is 1.85 bits per heavy atom. The minimum Gasteiger partial charge on any atom is -0.381 e. The number of anilines is 1. The van der Waals surface area contributed by atoms with Gasteiger partial charge in [0, 0.05) is 45.4 Å². The van der Waals surface area contributed by atoms with Gasteiger partial charge < -0.3 is 24.6 Å². The Labute approximate surface area is 197 Å². The Balaban J connectivity index is 1.34. The summed E-state index contributed by atoms with van der Waals surface area (Å²) in [7, 11) is 3.42. The molecule has 178 valence electrons. The highest BCUT2D eigenvalue weighted by atomic mass is 16.5. The van der Waals surface area contributed by atoms with Crippen LogP contribution < -0.4 is 5.32 Å². The number of methoxy groups -OCH3 is 1. The summed E-state index contributed by atoms with van der Waals surface area (Å²) < 4.78 is 10.8. The number of ether oxygens (including phenoxy) is 1. The van der Waals surface area contributed by atoms with E-state index >= 15 is 0 Å². The van der Waals surface area contributed by atoms with Gasteiger partial charge >= 0.3 is 0 Å². The molecule has 0 bridgehead atoms. The van der Waals surface area contributed by atoms with Crippen molar-refractivity contribution in [1.82, 2.24) is 25.0 Å². The molecule has 1 unspecified atom stereocenters. The molecule has 3 aromatic heterocycles. The van der Waals surface area contributed by atoms with Gasteiger partial charge in [-0.15, -0.1) is 0 Å². The van der Waals surface area contributed by atoms with Crippen LogP contribution in [0.5, 0.6) is 0 Å². The third kappa shape index (κ3) is 4.26. The summed E-state index contributed by atoms with van der Waals surface area (Å²) in [6.07, 6.45) is 6.38.